The van der Waals surface area contributed by atoms with E-state index in [1.807, 2.05) is 6.92 Å². The molecule has 0 amide bonds. The molecule has 1 aromatic rings. The summed E-state index contributed by atoms with van der Waals surface area (Å²) in [5, 5.41) is 0. The minimum Gasteiger partial charge on any atom is -0.371 e. The lowest BCUT2D eigenvalue weighted by Crippen LogP contribution is -2.26. The van der Waals surface area contributed by atoms with Gasteiger partial charge in [-0.25, -0.2) is 0 Å². The molecule has 1 aliphatic heterocycles. The standard InChI is InChI=1S/C16H26N2/c1-4-16(5-2)10-11-18(12-16)15-8-6-14(7-9-15)13(3)17/h6-9,13H,4-5,10-12,17H2,1-3H3/t13-/m0/s1. The van der Waals surface area contributed by atoms with Gasteiger partial charge in [0.05, 0.1) is 0 Å². The first-order chi connectivity index (χ1) is 8.60. The van der Waals surface area contributed by atoms with E-state index in [1.165, 1.54) is 43.6 Å². The third-order valence-electron chi connectivity index (χ3n) is 4.72. The first kappa shape index (κ1) is 13.4. The lowest BCUT2D eigenvalue weighted by atomic mass is 9.82. The summed E-state index contributed by atoms with van der Waals surface area (Å²) in [6.07, 6.45) is 3.91. The molecule has 0 unspecified atom stereocenters. The summed E-state index contributed by atoms with van der Waals surface area (Å²) in [5.41, 5.74) is 9.00. The third-order valence-corrected chi connectivity index (χ3v) is 4.72. The second kappa shape index (κ2) is 5.31. The van der Waals surface area contributed by atoms with Gasteiger partial charge in [0, 0.05) is 24.8 Å². The molecule has 2 heteroatoms. The van der Waals surface area contributed by atoms with Gasteiger partial charge in [0.25, 0.3) is 0 Å². The molecular weight excluding hydrogens is 220 g/mol. The van der Waals surface area contributed by atoms with Gasteiger partial charge in [0.1, 0.15) is 0 Å². The fourth-order valence-electron chi connectivity index (χ4n) is 2.97. The fraction of sp³-hybridized carbons (Fsp3) is 0.625. The fourth-order valence-corrected chi connectivity index (χ4v) is 2.97. The molecule has 1 fully saturated rings. The maximum Gasteiger partial charge on any atom is 0.0366 e. The summed E-state index contributed by atoms with van der Waals surface area (Å²) in [7, 11) is 0. The molecular formula is C16H26N2. The van der Waals surface area contributed by atoms with Crippen LogP contribution in [0.5, 0.6) is 0 Å². The topological polar surface area (TPSA) is 29.3 Å². The zero-order valence-corrected chi connectivity index (χ0v) is 11.9. The largest absolute Gasteiger partial charge is 0.371 e. The zero-order chi connectivity index (χ0) is 13.2. The molecule has 1 aromatic carbocycles. The van der Waals surface area contributed by atoms with Crippen LogP contribution >= 0.6 is 0 Å². The minimum absolute atomic E-state index is 0.128. The maximum absolute atomic E-state index is 5.89. The Labute approximate surface area is 111 Å². The first-order valence-electron chi connectivity index (χ1n) is 7.21. The van der Waals surface area contributed by atoms with Gasteiger partial charge in [-0.15, -0.1) is 0 Å². The zero-order valence-electron chi connectivity index (χ0n) is 11.9. The molecule has 2 N–H and O–H groups in total. The molecule has 100 valence electrons. The number of rotatable bonds is 4. The molecule has 1 saturated heterocycles. The molecule has 2 nitrogen and oxygen atoms in total. The molecule has 1 aliphatic rings. The molecule has 0 aromatic heterocycles. The summed E-state index contributed by atoms with van der Waals surface area (Å²) < 4.78 is 0. The van der Waals surface area contributed by atoms with Crippen molar-refractivity contribution in [3.8, 4) is 0 Å². The van der Waals surface area contributed by atoms with Crippen LogP contribution in [0.3, 0.4) is 0 Å². The summed E-state index contributed by atoms with van der Waals surface area (Å²) in [6.45, 7) is 9.08. The Hall–Kier alpha value is -1.02. The van der Waals surface area contributed by atoms with E-state index in [0.29, 0.717) is 5.41 Å². The van der Waals surface area contributed by atoms with Crippen molar-refractivity contribution < 1.29 is 0 Å². The van der Waals surface area contributed by atoms with E-state index >= 15 is 0 Å². The van der Waals surface area contributed by atoms with Crippen LogP contribution in [0.15, 0.2) is 24.3 Å². The van der Waals surface area contributed by atoms with E-state index in [4.69, 9.17) is 5.73 Å². The van der Waals surface area contributed by atoms with Crippen molar-refractivity contribution in [3.05, 3.63) is 29.8 Å². The molecule has 0 spiro atoms. The molecule has 1 heterocycles. The van der Waals surface area contributed by atoms with Crippen molar-refractivity contribution in [3.63, 3.8) is 0 Å². The molecule has 0 radical (unpaired) electrons. The van der Waals surface area contributed by atoms with Crippen molar-refractivity contribution in [1.82, 2.24) is 0 Å². The predicted molar refractivity (Wildman–Crippen MR) is 78.9 cm³/mol. The normalized spacial score (nSPS) is 20.1. The van der Waals surface area contributed by atoms with Crippen LogP contribution in [-0.2, 0) is 0 Å². The van der Waals surface area contributed by atoms with E-state index < -0.39 is 0 Å². The Kier molecular flexibility index (Phi) is 3.96. The van der Waals surface area contributed by atoms with Crippen LogP contribution in [0.25, 0.3) is 0 Å². The molecule has 2 rings (SSSR count). The molecule has 0 aliphatic carbocycles. The number of hydrogen-bond acceptors (Lipinski definition) is 2. The summed E-state index contributed by atoms with van der Waals surface area (Å²) in [4.78, 5) is 2.53. The van der Waals surface area contributed by atoms with Gasteiger partial charge in [-0.05, 0) is 49.3 Å². The SMILES string of the molecule is CCC1(CC)CCN(c2ccc([C@H](C)N)cc2)C1. The highest BCUT2D eigenvalue weighted by atomic mass is 15.2. The second-order valence-electron chi connectivity index (χ2n) is 5.76. The Balaban J connectivity index is 2.09. The number of hydrogen-bond donors (Lipinski definition) is 1. The van der Waals surface area contributed by atoms with Gasteiger partial charge in [0.15, 0.2) is 0 Å². The lowest BCUT2D eigenvalue weighted by Gasteiger charge is -2.27. The van der Waals surface area contributed by atoms with Gasteiger partial charge in [-0.3, -0.25) is 0 Å². The van der Waals surface area contributed by atoms with Crippen LogP contribution < -0.4 is 10.6 Å². The molecule has 0 bridgehead atoms. The Morgan fingerprint density at radius 2 is 1.83 bits per heavy atom. The average Bonchev–Trinajstić information content (AvgIpc) is 2.84. The van der Waals surface area contributed by atoms with Gasteiger partial charge >= 0.3 is 0 Å². The first-order valence-corrected chi connectivity index (χ1v) is 7.21. The van der Waals surface area contributed by atoms with Crippen molar-refractivity contribution in [1.29, 1.82) is 0 Å². The van der Waals surface area contributed by atoms with Gasteiger partial charge in [0.2, 0.25) is 0 Å². The molecule has 18 heavy (non-hydrogen) atoms. The van der Waals surface area contributed by atoms with Crippen LogP contribution in [0.1, 0.15) is 51.6 Å². The number of nitrogens with zero attached hydrogens (tertiary/aromatic N) is 1. The summed E-state index contributed by atoms with van der Waals surface area (Å²) in [5.74, 6) is 0. The molecule has 0 saturated carbocycles. The van der Waals surface area contributed by atoms with Crippen LogP contribution in [-0.4, -0.2) is 13.1 Å². The highest BCUT2D eigenvalue weighted by molar-refractivity contribution is 5.49. The van der Waals surface area contributed by atoms with Crippen molar-refractivity contribution in [2.45, 2.75) is 46.1 Å². The number of nitrogens with two attached hydrogens (primary N) is 1. The summed E-state index contributed by atoms with van der Waals surface area (Å²) in [6, 6.07) is 8.90. The Morgan fingerprint density at radius 3 is 2.28 bits per heavy atom. The average molecular weight is 246 g/mol. The van der Waals surface area contributed by atoms with Crippen LogP contribution in [0, 0.1) is 5.41 Å². The van der Waals surface area contributed by atoms with Crippen molar-refractivity contribution in [2.24, 2.45) is 11.1 Å². The quantitative estimate of drug-likeness (QED) is 0.877. The van der Waals surface area contributed by atoms with E-state index in [1.54, 1.807) is 0 Å². The molecule has 1 atom stereocenters. The van der Waals surface area contributed by atoms with Gasteiger partial charge in [-0.2, -0.15) is 0 Å². The monoisotopic (exact) mass is 246 g/mol. The number of anilines is 1. The highest BCUT2D eigenvalue weighted by Gasteiger charge is 2.34. The van der Waals surface area contributed by atoms with E-state index in [0.717, 1.165) is 0 Å². The smallest absolute Gasteiger partial charge is 0.0366 e. The van der Waals surface area contributed by atoms with Crippen LogP contribution in [0.2, 0.25) is 0 Å². The van der Waals surface area contributed by atoms with Crippen molar-refractivity contribution in [2.75, 3.05) is 18.0 Å². The van der Waals surface area contributed by atoms with Crippen molar-refractivity contribution >= 4 is 5.69 Å². The maximum atomic E-state index is 5.89. The minimum atomic E-state index is 0.128. The third kappa shape index (κ3) is 2.54. The van der Waals surface area contributed by atoms with Gasteiger partial charge in [-0.1, -0.05) is 26.0 Å². The summed E-state index contributed by atoms with van der Waals surface area (Å²) >= 11 is 0. The van der Waals surface area contributed by atoms with E-state index in [2.05, 4.69) is 43.0 Å². The lowest BCUT2D eigenvalue weighted by molar-refractivity contribution is 0.301. The number of benzene rings is 1. The van der Waals surface area contributed by atoms with Crippen LogP contribution in [0.4, 0.5) is 5.69 Å². The van der Waals surface area contributed by atoms with E-state index in [9.17, 15) is 0 Å². The predicted octanol–water partition coefficient (Wildman–Crippen LogP) is 3.72. The Morgan fingerprint density at radius 1 is 1.22 bits per heavy atom. The highest BCUT2D eigenvalue weighted by Crippen LogP contribution is 2.39. The second-order valence-corrected chi connectivity index (χ2v) is 5.76. The van der Waals surface area contributed by atoms with E-state index in [-0.39, 0.29) is 6.04 Å². The van der Waals surface area contributed by atoms with Gasteiger partial charge < -0.3 is 10.6 Å². The Bertz CT molecular complexity index is 377.